The number of aromatic nitrogens is 1. The molecular weight excluding hydrogens is 354 g/mol. The molecule has 0 aliphatic carbocycles. The van der Waals surface area contributed by atoms with Gasteiger partial charge in [0.1, 0.15) is 5.76 Å². The SMILES string of the molecule is CCCCOCCCNC(=NC)NCC1CCN(Cc2nc(C)c(C)o2)CC1. The van der Waals surface area contributed by atoms with E-state index in [1.54, 1.807) is 0 Å². The quantitative estimate of drug-likeness (QED) is 0.342. The molecule has 0 amide bonds. The molecule has 1 aliphatic heterocycles. The third-order valence-electron chi connectivity index (χ3n) is 5.32. The van der Waals surface area contributed by atoms with Gasteiger partial charge in [0.25, 0.3) is 0 Å². The zero-order valence-corrected chi connectivity index (χ0v) is 18.2. The van der Waals surface area contributed by atoms with Gasteiger partial charge in [-0.15, -0.1) is 0 Å². The number of oxazole rings is 1. The predicted molar refractivity (Wildman–Crippen MR) is 114 cm³/mol. The zero-order valence-electron chi connectivity index (χ0n) is 18.2. The first-order valence-corrected chi connectivity index (χ1v) is 10.8. The summed E-state index contributed by atoms with van der Waals surface area (Å²) in [6, 6.07) is 0. The fourth-order valence-corrected chi connectivity index (χ4v) is 3.34. The van der Waals surface area contributed by atoms with Crippen molar-refractivity contribution in [3.8, 4) is 0 Å². The van der Waals surface area contributed by atoms with Gasteiger partial charge in [-0.25, -0.2) is 4.98 Å². The van der Waals surface area contributed by atoms with Crippen molar-refractivity contribution in [2.75, 3.05) is 46.4 Å². The second-order valence-electron chi connectivity index (χ2n) is 7.67. The molecule has 1 aliphatic rings. The number of unbranched alkanes of at least 4 members (excludes halogenated alkanes) is 1. The normalized spacial score (nSPS) is 16.5. The molecule has 2 rings (SSSR count). The van der Waals surface area contributed by atoms with Gasteiger partial charge >= 0.3 is 0 Å². The van der Waals surface area contributed by atoms with Gasteiger partial charge in [0.05, 0.1) is 12.2 Å². The average Bonchev–Trinajstić information content (AvgIpc) is 3.01. The van der Waals surface area contributed by atoms with E-state index in [-0.39, 0.29) is 0 Å². The van der Waals surface area contributed by atoms with Crippen LogP contribution in [0.1, 0.15) is 56.4 Å². The molecule has 1 aromatic rings. The number of nitrogens with zero attached hydrogens (tertiary/aromatic N) is 3. The summed E-state index contributed by atoms with van der Waals surface area (Å²) in [6.45, 7) is 12.7. The number of aliphatic imine (C=N–C) groups is 1. The summed E-state index contributed by atoms with van der Waals surface area (Å²) in [7, 11) is 1.83. The summed E-state index contributed by atoms with van der Waals surface area (Å²) in [6.07, 6.45) is 5.71. The Kier molecular flexibility index (Phi) is 10.4. The first-order chi connectivity index (χ1) is 13.6. The monoisotopic (exact) mass is 393 g/mol. The molecule has 1 fully saturated rings. The van der Waals surface area contributed by atoms with Crippen LogP contribution in [-0.2, 0) is 11.3 Å². The maximum Gasteiger partial charge on any atom is 0.208 e. The van der Waals surface area contributed by atoms with Crippen molar-refractivity contribution in [1.82, 2.24) is 20.5 Å². The van der Waals surface area contributed by atoms with E-state index in [0.717, 1.165) is 82.1 Å². The molecule has 0 saturated carbocycles. The summed E-state index contributed by atoms with van der Waals surface area (Å²) in [5.41, 5.74) is 1.00. The summed E-state index contributed by atoms with van der Waals surface area (Å²) in [4.78, 5) is 11.3. The Balaban J connectivity index is 1.56. The third-order valence-corrected chi connectivity index (χ3v) is 5.32. The molecule has 7 heteroatoms. The highest BCUT2D eigenvalue weighted by molar-refractivity contribution is 5.79. The van der Waals surface area contributed by atoms with Gasteiger partial charge < -0.3 is 19.8 Å². The average molecular weight is 394 g/mol. The van der Waals surface area contributed by atoms with E-state index < -0.39 is 0 Å². The van der Waals surface area contributed by atoms with Gasteiger partial charge in [0.2, 0.25) is 5.89 Å². The van der Waals surface area contributed by atoms with Crippen molar-refractivity contribution in [3.05, 3.63) is 17.3 Å². The van der Waals surface area contributed by atoms with Crippen LogP contribution in [0.5, 0.6) is 0 Å². The number of aryl methyl sites for hydroxylation is 2. The van der Waals surface area contributed by atoms with Gasteiger partial charge in [-0.3, -0.25) is 9.89 Å². The van der Waals surface area contributed by atoms with Crippen molar-refractivity contribution in [2.45, 2.75) is 59.4 Å². The summed E-state index contributed by atoms with van der Waals surface area (Å²) < 4.78 is 11.3. The number of hydrogen-bond acceptors (Lipinski definition) is 5. The van der Waals surface area contributed by atoms with Crippen molar-refractivity contribution < 1.29 is 9.15 Å². The lowest BCUT2D eigenvalue weighted by atomic mass is 9.97. The number of ether oxygens (including phenoxy) is 1. The van der Waals surface area contributed by atoms with Gasteiger partial charge in [-0.1, -0.05) is 13.3 Å². The van der Waals surface area contributed by atoms with Crippen LogP contribution in [0.15, 0.2) is 9.41 Å². The number of likely N-dealkylation sites (tertiary alicyclic amines) is 1. The highest BCUT2D eigenvalue weighted by Gasteiger charge is 2.21. The molecule has 1 aromatic heterocycles. The standard InChI is InChI=1S/C21H39N5O2/c1-5-6-13-27-14-7-10-23-21(22-4)24-15-19-8-11-26(12-9-19)16-20-25-17(2)18(3)28-20/h19H,5-16H2,1-4H3,(H2,22,23,24). The summed E-state index contributed by atoms with van der Waals surface area (Å²) in [5.74, 6) is 3.34. The lowest BCUT2D eigenvalue weighted by Gasteiger charge is -2.31. The molecule has 2 N–H and O–H groups in total. The van der Waals surface area contributed by atoms with Gasteiger partial charge in [-0.05, 0) is 58.5 Å². The van der Waals surface area contributed by atoms with Crippen LogP contribution >= 0.6 is 0 Å². The fourth-order valence-electron chi connectivity index (χ4n) is 3.34. The maximum absolute atomic E-state index is 5.71. The number of rotatable bonds is 11. The highest BCUT2D eigenvalue weighted by Crippen LogP contribution is 2.19. The van der Waals surface area contributed by atoms with Crippen LogP contribution in [0, 0.1) is 19.8 Å². The Hall–Kier alpha value is -1.60. The highest BCUT2D eigenvalue weighted by atomic mass is 16.5. The molecule has 0 unspecified atom stereocenters. The molecule has 2 heterocycles. The van der Waals surface area contributed by atoms with Crippen LogP contribution in [-0.4, -0.2) is 62.3 Å². The van der Waals surface area contributed by atoms with E-state index in [9.17, 15) is 0 Å². The molecule has 28 heavy (non-hydrogen) atoms. The minimum atomic E-state index is 0.681. The molecule has 0 radical (unpaired) electrons. The molecular formula is C21H39N5O2. The second kappa shape index (κ2) is 12.8. The second-order valence-corrected chi connectivity index (χ2v) is 7.67. The number of hydrogen-bond donors (Lipinski definition) is 2. The van der Waals surface area contributed by atoms with Crippen molar-refractivity contribution >= 4 is 5.96 Å². The van der Waals surface area contributed by atoms with E-state index in [1.165, 1.54) is 19.3 Å². The smallest absolute Gasteiger partial charge is 0.208 e. The molecule has 7 nitrogen and oxygen atoms in total. The molecule has 1 saturated heterocycles. The van der Waals surface area contributed by atoms with E-state index in [1.807, 2.05) is 20.9 Å². The van der Waals surface area contributed by atoms with Gasteiger partial charge in [-0.2, -0.15) is 0 Å². The Morgan fingerprint density at radius 2 is 1.96 bits per heavy atom. The first kappa shape index (κ1) is 22.7. The van der Waals surface area contributed by atoms with Crippen LogP contribution < -0.4 is 10.6 Å². The van der Waals surface area contributed by atoms with Gasteiger partial charge in [0.15, 0.2) is 5.96 Å². The van der Waals surface area contributed by atoms with Crippen molar-refractivity contribution in [2.24, 2.45) is 10.9 Å². The Morgan fingerprint density at radius 3 is 2.61 bits per heavy atom. The van der Waals surface area contributed by atoms with E-state index in [4.69, 9.17) is 9.15 Å². The van der Waals surface area contributed by atoms with Crippen molar-refractivity contribution in [1.29, 1.82) is 0 Å². The Morgan fingerprint density at radius 1 is 1.21 bits per heavy atom. The topological polar surface area (TPSA) is 74.9 Å². The predicted octanol–water partition coefficient (Wildman–Crippen LogP) is 2.88. The summed E-state index contributed by atoms with van der Waals surface area (Å²) in [5, 5.41) is 6.85. The first-order valence-electron chi connectivity index (χ1n) is 10.8. The van der Waals surface area contributed by atoms with Crippen LogP contribution in [0.4, 0.5) is 0 Å². The third kappa shape index (κ3) is 8.19. The molecule has 160 valence electrons. The number of piperidine rings is 1. The minimum Gasteiger partial charge on any atom is -0.444 e. The van der Waals surface area contributed by atoms with Crippen molar-refractivity contribution in [3.63, 3.8) is 0 Å². The van der Waals surface area contributed by atoms with Crippen LogP contribution in [0.2, 0.25) is 0 Å². The Bertz CT molecular complexity index is 560. The van der Waals surface area contributed by atoms with Gasteiger partial charge in [0, 0.05) is 33.4 Å². The largest absolute Gasteiger partial charge is 0.444 e. The minimum absolute atomic E-state index is 0.681. The number of nitrogens with one attached hydrogen (secondary N) is 2. The molecule has 0 spiro atoms. The molecule has 0 bridgehead atoms. The van der Waals surface area contributed by atoms with E-state index in [0.29, 0.717) is 5.92 Å². The summed E-state index contributed by atoms with van der Waals surface area (Å²) >= 11 is 0. The fraction of sp³-hybridized carbons (Fsp3) is 0.810. The zero-order chi connectivity index (χ0) is 20.2. The Labute approximate surface area is 170 Å². The van der Waals surface area contributed by atoms with Crippen LogP contribution in [0.3, 0.4) is 0 Å². The molecule has 0 aromatic carbocycles. The lowest BCUT2D eigenvalue weighted by Crippen LogP contribution is -2.43. The van der Waals surface area contributed by atoms with Crippen LogP contribution in [0.25, 0.3) is 0 Å². The lowest BCUT2D eigenvalue weighted by molar-refractivity contribution is 0.129. The maximum atomic E-state index is 5.71. The van der Waals surface area contributed by atoms with E-state index >= 15 is 0 Å². The molecule has 0 atom stereocenters. The number of guanidine groups is 1. The van der Waals surface area contributed by atoms with E-state index in [2.05, 4.69) is 32.4 Å².